The number of carboxylic acids is 1. The summed E-state index contributed by atoms with van der Waals surface area (Å²) < 4.78 is 0. The Balaban J connectivity index is 2.91. The summed E-state index contributed by atoms with van der Waals surface area (Å²) >= 11 is 1.48. The monoisotopic (exact) mass is 446 g/mol. The Morgan fingerprint density at radius 3 is 2.40 bits per heavy atom. The normalized spacial score (nSPS) is 19.3. The van der Waals surface area contributed by atoms with Gasteiger partial charge in [0.05, 0.1) is 6.61 Å². The second-order valence-electron chi connectivity index (χ2n) is 7.85. The van der Waals surface area contributed by atoms with Gasteiger partial charge >= 0.3 is 5.97 Å². The lowest BCUT2D eigenvalue weighted by atomic mass is 10.0. The second-order valence-corrected chi connectivity index (χ2v) is 8.84. The summed E-state index contributed by atoms with van der Waals surface area (Å²) in [7, 11) is 0. The number of amides is 3. The Morgan fingerprint density at radius 2 is 1.87 bits per heavy atom. The summed E-state index contributed by atoms with van der Waals surface area (Å²) in [6.45, 7) is 3.59. The number of aliphatic hydroxyl groups is 1. The molecule has 1 aliphatic heterocycles. The van der Waals surface area contributed by atoms with Crippen LogP contribution in [0.3, 0.4) is 0 Å². The van der Waals surface area contributed by atoms with Gasteiger partial charge < -0.3 is 31.5 Å². The molecule has 0 aromatic rings. The van der Waals surface area contributed by atoms with Gasteiger partial charge in [0, 0.05) is 6.54 Å². The van der Waals surface area contributed by atoms with Crippen LogP contribution in [0.15, 0.2) is 0 Å². The number of rotatable bonds is 12. The minimum absolute atomic E-state index is 0.0856. The third-order valence-electron chi connectivity index (χ3n) is 4.92. The Kier molecular flexibility index (Phi) is 11.1. The Morgan fingerprint density at radius 1 is 1.20 bits per heavy atom. The zero-order chi connectivity index (χ0) is 22.8. The van der Waals surface area contributed by atoms with Crippen LogP contribution < -0.4 is 16.4 Å². The molecular weight excluding hydrogens is 412 g/mol. The molecule has 1 heterocycles. The van der Waals surface area contributed by atoms with Gasteiger partial charge in [0.1, 0.15) is 24.2 Å². The first-order chi connectivity index (χ1) is 14.1. The molecule has 0 aromatic carbocycles. The quantitative estimate of drug-likeness (QED) is 0.259. The largest absolute Gasteiger partial charge is 0.480 e. The highest BCUT2D eigenvalue weighted by Gasteiger charge is 2.39. The van der Waals surface area contributed by atoms with Gasteiger partial charge in [0.15, 0.2) is 0 Å². The van der Waals surface area contributed by atoms with E-state index in [0.717, 1.165) is 0 Å². The van der Waals surface area contributed by atoms with Crippen molar-refractivity contribution >= 4 is 35.5 Å². The van der Waals surface area contributed by atoms with E-state index in [2.05, 4.69) is 10.6 Å². The number of nitrogens with zero attached hydrogens (tertiary/aromatic N) is 1. The van der Waals surface area contributed by atoms with Crippen LogP contribution in [0.2, 0.25) is 0 Å². The lowest BCUT2D eigenvalue weighted by molar-refractivity contribution is -0.145. The fourth-order valence-electron chi connectivity index (χ4n) is 3.32. The highest BCUT2D eigenvalue weighted by Crippen LogP contribution is 2.21. The number of carboxylic acid groups (broad SMARTS) is 1. The van der Waals surface area contributed by atoms with Crippen molar-refractivity contribution in [2.45, 2.75) is 63.7 Å². The average Bonchev–Trinajstić information content (AvgIpc) is 3.18. The number of nitrogens with two attached hydrogens (primary N) is 1. The van der Waals surface area contributed by atoms with E-state index in [-0.39, 0.29) is 12.3 Å². The van der Waals surface area contributed by atoms with Crippen molar-refractivity contribution in [1.29, 1.82) is 0 Å². The van der Waals surface area contributed by atoms with E-state index in [1.54, 1.807) is 0 Å². The molecule has 3 amide bonds. The van der Waals surface area contributed by atoms with E-state index in [9.17, 15) is 24.3 Å². The summed E-state index contributed by atoms with van der Waals surface area (Å²) in [4.78, 5) is 50.8. The summed E-state index contributed by atoms with van der Waals surface area (Å²) in [6, 6.07) is -3.82. The number of likely N-dealkylation sites (tertiary alicyclic amines) is 1. The van der Waals surface area contributed by atoms with Gasteiger partial charge in [-0.3, -0.25) is 14.4 Å². The third-order valence-corrected chi connectivity index (χ3v) is 5.56. The highest BCUT2D eigenvalue weighted by atomic mass is 32.2. The fourth-order valence-corrected chi connectivity index (χ4v) is 3.79. The Hall–Kier alpha value is -1.85. The fraction of sp³-hybridized carbons (Fsp3) is 0.789. The van der Waals surface area contributed by atoms with E-state index in [0.29, 0.717) is 31.6 Å². The number of thioether (sulfide) groups is 1. The van der Waals surface area contributed by atoms with Crippen LogP contribution in [0.1, 0.15) is 39.5 Å². The summed E-state index contributed by atoms with van der Waals surface area (Å²) in [5.41, 5.74) is 5.54. The predicted octanol–water partition coefficient (Wildman–Crippen LogP) is -0.850. The molecule has 30 heavy (non-hydrogen) atoms. The van der Waals surface area contributed by atoms with Crippen LogP contribution in [-0.4, -0.2) is 88.1 Å². The number of hydrogen-bond donors (Lipinski definition) is 5. The first-order valence-corrected chi connectivity index (χ1v) is 11.5. The van der Waals surface area contributed by atoms with E-state index in [1.165, 1.54) is 16.7 Å². The number of carbonyl (C=O) groups is 4. The molecule has 0 aromatic heterocycles. The molecule has 0 aliphatic carbocycles. The standard InChI is InChI=1S/C19H34N4O6S/c1-11(2)9-14(22-16(25)12(20)10-24)18(27)23-7-4-5-15(23)17(26)21-13(19(28)29)6-8-30-3/h11-15,24H,4-10,20H2,1-3H3,(H,21,26)(H,22,25)(H,28,29). The molecule has 0 spiro atoms. The summed E-state index contributed by atoms with van der Waals surface area (Å²) in [5.74, 6) is -2.00. The van der Waals surface area contributed by atoms with Gasteiger partial charge in [-0.15, -0.1) is 0 Å². The number of aliphatic hydroxyl groups excluding tert-OH is 1. The highest BCUT2D eigenvalue weighted by molar-refractivity contribution is 7.98. The van der Waals surface area contributed by atoms with Crippen molar-refractivity contribution < 1.29 is 29.4 Å². The van der Waals surface area contributed by atoms with Crippen LogP contribution in [0.5, 0.6) is 0 Å². The molecule has 10 nitrogen and oxygen atoms in total. The van der Waals surface area contributed by atoms with Crippen molar-refractivity contribution in [1.82, 2.24) is 15.5 Å². The molecule has 1 saturated heterocycles. The van der Waals surface area contributed by atoms with Crippen molar-refractivity contribution in [2.24, 2.45) is 11.7 Å². The summed E-state index contributed by atoms with van der Waals surface area (Å²) in [5, 5.41) is 23.5. The molecule has 1 aliphatic rings. The second kappa shape index (κ2) is 12.8. The van der Waals surface area contributed by atoms with E-state index >= 15 is 0 Å². The Labute approximate surface area is 181 Å². The average molecular weight is 447 g/mol. The number of nitrogens with one attached hydrogen (secondary N) is 2. The van der Waals surface area contributed by atoms with Crippen molar-refractivity contribution in [3.05, 3.63) is 0 Å². The first-order valence-electron chi connectivity index (χ1n) is 10.1. The maximum Gasteiger partial charge on any atom is 0.326 e. The van der Waals surface area contributed by atoms with Gasteiger partial charge in [-0.1, -0.05) is 13.8 Å². The van der Waals surface area contributed by atoms with Gasteiger partial charge in [-0.25, -0.2) is 4.79 Å². The predicted molar refractivity (Wildman–Crippen MR) is 114 cm³/mol. The van der Waals surface area contributed by atoms with Gasteiger partial charge in [0.2, 0.25) is 17.7 Å². The molecule has 11 heteroatoms. The molecule has 0 saturated carbocycles. The maximum atomic E-state index is 13.1. The number of aliphatic carboxylic acids is 1. The zero-order valence-corrected chi connectivity index (χ0v) is 18.6. The van der Waals surface area contributed by atoms with Crippen LogP contribution in [0, 0.1) is 5.92 Å². The van der Waals surface area contributed by atoms with E-state index in [1.807, 2.05) is 20.1 Å². The topological polar surface area (TPSA) is 162 Å². The van der Waals surface area contributed by atoms with Crippen LogP contribution >= 0.6 is 11.8 Å². The zero-order valence-electron chi connectivity index (χ0n) is 17.8. The molecule has 1 fully saturated rings. The lowest BCUT2D eigenvalue weighted by Gasteiger charge is -2.30. The van der Waals surface area contributed by atoms with Gasteiger partial charge in [0.25, 0.3) is 0 Å². The SMILES string of the molecule is CSCCC(NC(=O)C1CCCN1C(=O)C(CC(C)C)NC(=O)C(N)CO)C(=O)O. The van der Waals surface area contributed by atoms with Crippen molar-refractivity contribution in [3.63, 3.8) is 0 Å². The molecule has 1 rings (SSSR count). The smallest absolute Gasteiger partial charge is 0.326 e. The van der Waals surface area contributed by atoms with Crippen LogP contribution in [0.4, 0.5) is 0 Å². The van der Waals surface area contributed by atoms with Crippen LogP contribution in [0.25, 0.3) is 0 Å². The molecule has 4 atom stereocenters. The molecule has 6 N–H and O–H groups in total. The van der Waals surface area contributed by atoms with Crippen molar-refractivity contribution in [2.75, 3.05) is 25.2 Å². The molecule has 0 bridgehead atoms. The number of carbonyl (C=O) groups excluding carboxylic acids is 3. The number of hydrogen-bond acceptors (Lipinski definition) is 7. The lowest BCUT2D eigenvalue weighted by Crippen LogP contribution is -2.57. The van der Waals surface area contributed by atoms with Crippen LogP contribution in [-0.2, 0) is 19.2 Å². The summed E-state index contributed by atoms with van der Waals surface area (Å²) in [6.07, 6.45) is 3.51. The van der Waals surface area contributed by atoms with Crippen molar-refractivity contribution in [3.8, 4) is 0 Å². The van der Waals surface area contributed by atoms with E-state index in [4.69, 9.17) is 10.8 Å². The minimum atomic E-state index is -1.14. The Bertz CT molecular complexity index is 618. The molecule has 4 unspecified atom stereocenters. The maximum absolute atomic E-state index is 13.1. The van der Waals surface area contributed by atoms with Gasteiger partial charge in [-0.2, -0.15) is 11.8 Å². The first kappa shape index (κ1) is 26.2. The van der Waals surface area contributed by atoms with E-state index < -0.39 is 54.5 Å². The third kappa shape index (κ3) is 7.77. The molecule has 0 radical (unpaired) electrons. The molecular formula is C19H34N4O6S. The minimum Gasteiger partial charge on any atom is -0.480 e. The molecule has 172 valence electrons. The van der Waals surface area contributed by atoms with Gasteiger partial charge in [-0.05, 0) is 43.6 Å².